The van der Waals surface area contributed by atoms with Gasteiger partial charge < -0.3 is 15.4 Å². The third-order valence-corrected chi connectivity index (χ3v) is 3.66. The summed E-state index contributed by atoms with van der Waals surface area (Å²) in [5.74, 6) is 0.751. The number of carbonyl (C=O) groups excluding carboxylic acids is 1. The molecule has 0 aliphatic heterocycles. The zero-order chi connectivity index (χ0) is 16.8. The summed E-state index contributed by atoms with van der Waals surface area (Å²) in [4.78, 5) is 24.3. The quantitative estimate of drug-likeness (QED) is 0.662. The Morgan fingerprint density at radius 1 is 1.12 bits per heavy atom. The first kappa shape index (κ1) is 15.9. The van der Waals surface area contributed by atoms with Crippen LogP contribution in [0, 0.1) is 0 Å². The Labute approximate surface area is 142 Å². The molecule has 0 amide bonds. The standard InChI is InChI=1S/C16H15N5O2S/c1-2-23-14(22)11-3-5-12(6-4-11)19-15-17-8-7-13(20-15)21-16-18-9-10-24-16/h3-10H,2H2,1H3,(H2,17,18,19,20,21). The van der Waals surface area contributed by atoms with Crippen molar-refractivity contribution >= 4 is 39.9 Å². The second-order valence-corrected chi connectivity index (χ2v) is 5.55. The van der Waals surface area contributed by atoms with E-state index >= 15 is 0 Å². The molecule has 3 aromatic rings. The highest BCUT2D eigenvalue weighted by Gasteiger charge is 2.06. The summed E-state index contributed by atoms with van der Waals surface area (Å²) in [6.07, 6.45) is 3.37. The number of thiazole rings is 1. The first-order chi connectivity index (χ1) is 11.7. The zero-order valence-electron chi connectivity index (χ0n) is 12.9. The lowest BCUT2D eigenvalue weighted by atomic mass is 10.2. The van der Waals surface area contributed by atoms with Crippen molar-refractivity contribution in [3.8, 4) is 0 Å². The minimum Gasteiger partial charge on any atom is -0.462 e. The highest BCUT2D eigenvalue weighted by molar-refractivity contribution is 7.13. The van der Waals surface area contributed by atoms with E-state index in [9.17, 15) is 4.79 Å². The second kappa shape index (κ2) is 7.51. The van der Waals surface area contributed by atoms with Crippen LogP contribution in [0.5, 0.6) is 0 Å². The Balaban J connectivity index is 1.68. The van der Waals surface area contributed by atoms with Gasteiger partial charge in [-0.2, -0.15) is 4.98 Å². The number of nitrogens with zero attached hydrogens (tertiary/aromatic N) is 3. The molecule has 0 radical (unpaired) electrons. The summed E-state index contributed by atoms with van der Waals surface area (Å²) in [6.45, 7) is 2.13. The third-order valence-electron chi connectivity index (χ3n) is 2.98. The van der Waals surface area contributed by atoms with E-state index in [0.29, 0.717) is 23.9 Å². The van der Waals surface area contributed by atoms with Crippen LogP contribution >= 0.6 is 11.3 Å². The minimum absolute atomic E-state index is 0.338. The van der Waals surface area contributed by atoms with Gasteiger partial charge in [0.1, 0.15) is 5.82 Å². The van der Waals surface area contributed by atoms with Crippen molar-refractivity contribution in [2.45, 2.75) is 6.92 Å². The molecule has 0 saturated carbocycles. The molecule has 0 aliphatic carbocycles. The maximum absolute atomic E-state index is 11.6. The predicted octanol–water partition coefficient (Wildman–Crippen LogP) is 3.60. The zero-order valence-corrected chi connectivity index (χ0v) is 13.7. The number of nitrogens with one attached hydrogen (secondary N) is 2. The number of hydrogen-bond acceptors (Lipinski definition) is 8. The molecule has 0 unspecified atom stereocenters. The van der Waals surface area contributed by atoms with E-state index in [1.54, 1.807) is 49.6 Å². The molecule has 0 spiro atoms. The SMILES string of the molecule is CCOC(=O)c1ccc(Nc2nccc(Nc3nccs3)n2)cc1. The topological polar surface area (TPSA) is 89.0 Å². The Hall–Kier alpha value is -3.00. The highest BCUT2D eigenvalue weighted by Crippen LogP contribution is 2.19. The highest BCUT2D eigenvalue weighted by atomic mass is 32.1. The van der Waals surface area contributed by atoms with Gasteiger partial charge in [-0.15, -0.1) is 11.3 Å². The molecule has 2 aromatic heterocycles. The number of anilines is 4. The van der Waals surface area contributed by atoms with Crippen LogP contribution in [-0.2, 0) is 4.74 Å². The lowest BCUT2D eigenvalue weighted by molar-refractivity contribution is 0.0526. The summed E-state index contributed by atoms with van der Waals surface area (Å²) >= 11 is 1.49. The molecule has 24 heavy (non-hydrogen) atoms. The Morgan fingerprint density at radius 3 is 2.67 bits per heavy atom. The van der Waals surface area contributed by atoms with Crippen molar-refractivity contribution in [1.29, 1.82) is 0 Å². The lowest BCUT2D eigenvalue weighted by Gasteiger charge is -2.07. The normalized spacial score (nSPS) is 10.2. The number of esters is 1. The summed E-state index contributed by atoms with van der Waals surface area (Å²) in [7, 11) is 0. The fourth-order valence-electron chi connectivity index (χ4n) is 1.92. The molecule has 0 atom stereocenters. The van der Waals surface area contributed by atoms with Crippen LogP contribution in [-0.4, -0.2) is 27.5 Å². The second-order valence-electron chi connectivity index (χ2n) is 4.65. The molecule has 0 aliphatic rings. The summed E-state index contributed by atoms with van der Waals surface area (Å²) in [5.41, 5.74) is 1.27. The van der Waals surface area contributed by atoms with Crippen molar-refractivity contribution in [3.63, 3.8) is 0 Å². The van der Waals surface area contributed by atoms with Crippen LogP contribution in [0.15, 0.2) is 48.1 Å². The average Bonchev–Trinajstić information content (AvgIpc) is 3.09. The molecular formula is C16H15N5O2S. The van der Waals surface area contributed by atoms with Crippen LogP contribution < -0.4 is 10.6 Å². The molecule has 8 heteroatoms. The Kier molecular flexibility index (Phi) is 4.97. The fourth-order valence-corrected chi connectivity index (χ4v) is 2.45. The number of ether oxygens (including phenoxy) is 1. The summed E-state index contributed by atoms with van der Waals surface area (Å²) in [5, 5.41) is 8.84. The van der Waals surface area contributed by atoms with Crippen molar-refractivity contribution in [2.75, 3.05) is 17.2 Å². The smallest absolute Gasteiger partial charge is 0.338 e. The van der Waals surface area contributed by atoms with Crippen molar-refractivity contribution in [1.82, 2.24) is 15.0 Å². The molecule has 0 bridgehead atoms. The molecule has 0 saturated heterocycles. The maximum atomic E-state index is 11.6. The van der Waals surface area contributed by atoms with Gasteiger partial charge in [0.2, 0.25) is 5.95 Å². The van der Waals surface area contributed by atoms with Crippen molar-refractivity contribution in [3.05, 3.63) is 53.7 Å². The van der Waals surface area contributed by atoms with Crippen LogP contribution in [0.3, 0.4) is 0 Å². The molecule has 7 nitrogen and oxygen atoms in total. The van der Waals surface area contributed by atoms with Crippen LogP contribution in [0.25, 0.3) is 0 Å². The van der Waals surface area contributed by atoms with Crippen molar-refractivity contribution < 1.29 is 9.53 Å². The van der Waals surface area contributed by atoms with E-state index in [1.165, 1.54) is 11.3 Å². The van der Waals surface area contributed by atoms with Gasteiger partial charge in [0.15, 0.2) is 5.13 Å². The third kappa shape index (κ3) is 4.05. The van der Waals surface area contributed by atoms with Gasteiger partial charge in [-0.25, -0.2) is 14.8 Å². The van der Waals surface area contributed by atoms with E-state index in [4.69, 9.17) is 4.74 Å². The molecule has 1 aromatic carbocycles. The minimum atomic E-state index is -0.338. The summed E-state index contributed by atoms with van der Waals surface area (Å²) in [6, 6.07) is 8.69. The van der Waals surface area contributed by atoms with E-state index in [-0.39, 0.29) is 5.97 Å². The van der Waals surface area contributed by atoms with Gasteiger partial charge in [0, 0.05) is 23.5 Å². The number of carbonyl (C=O) groups is 1. The monoisotopic (exact) mass is 341 g/mol. The van der Waals surface area contributed by atoms with Gasteiger partial charge in [-0.3, -0.25) is 0 Å². The average molecular weight is 341 g/mol. The van der Waals surface area contributed by atoms with Crippen LogP contribution in [0.2, 0.25) is 0 Å². The van der Waals surface area contributed by atoms with Crippen molar-refractivity contribution in [2.24, 2.45) is 0 Å². The van der Waals surface area contributed by atoms with Crippen LogP contribution in [0.1, 0.15) is 17.3 Å². The number of aromatic nitrogens is 3. The van der Waals surface area contributed by atoms with E-state index in [2.05, 4.69) is 25.6 Å². The molecule has 3 rings (SSSR count). The van der Waals surface area contributed by atoms with E-state index in [1.807, 2.05) is 5.38 Å². The summed E-state index contributed by atoms with van der Waals surface area (Å²) < 4.78 is 4.95. The van der Waals surface area contributed by atoms with E-state index in [0.717, 1.165) is 10.8 Å². The maximum Gasteiger partial charge on any atom is 0.338 e. The molecule has 2 N–H and O–H groups in total. The molecular weight excluding hydrogens is 326 g/mol. The van der Waals surface area contributed by atoms with Gasteiger partial charge in [0.05, 0.1) is 12.2 Å². The van der Waals surface area contributed by atoms with Crippen LogP contribution in [0.4, 0.5) is 22.6 Å². The number of hydrogen-bond donors (Lipinski definition) is 2. The first-order valence-corrected chi connectivity index (χ1v) is 8.16. The molecule has 122 valence electrons. The lowest BCUT2D eigenvalue weighted by Crippen LogP contribution is -2.04. The Morgan fingerprint density at radius 2 is 1.96 bits per heavy atom. The molecule has 2 heterocycles. The fraction of sp³-hybridized carbons (Fsp3) is 0.125. The van der Waals surface area contributed by atoms with Gasteiger partial charge in [-0.1, -0.05) is 0 Å². The molecule has 0 fully saturated rings. The predicted molar refractivity (Wildman–Crippen MR) is 93.1 cm³/mol. The van der Waals surface area contributed by atoms with Gasteiger partial charge in [0.25, 0.3) is 0 Å². The van der Waals surface area contributed by atoms with Gasteiger partial charge in [-0.05, 0) is 37.3 Å². The number of benzene rings is 1. The first-order valence-electron chi connectivity index (χ1n) is 7.28. The largest absolute Gasteiger partial charge is 0.462 e. The Bertz CT molecular complexity index is 806. The van der Waals surface area contributed by atoms with E-state index < -0.39 is 0 Å². The van der Waals surface area contributed by atoms with Gasteiger partial charge >= 0.3 is 5.97 Å². The number of rotatable bonds is 6.